The van der Waals surface area contributed by atoms with Crippen molar-refractivity contribution in [2.24, 2.45) is 0 Å². The van der Waals surface area contributed by atoms with Crippen LogP contribution >= 0.6 is 0 Å². The van der Waals surface area contributed by atoms with Gasteiger partial charge >= 0.3 is 0 Å². The molecule has 2 aromatic rings. The Morgan fingerprint density at radius 2 is 2.05 bits per heavy atom. The summed E-state index contributed by atoms with van der Waals surface area (Å²) >= 11 is 0. The van der Waals surface area contributed by atoms with E-state index in [-0.39, 0.29) is 5.56 Å². The second kappa shape index (κ2) is 6.14. The molecule has 0 saturated heterocycles. The molecule has 0 aliphatic heterocycles. The van der Waals surface area contributed by atoms with E-state index in [0.717, 1.165) is 12.1 Å². The Morgan fingerprint density at radius 3 is 2.65 bits per heavy atom. The van der Waals surface area contributed by atoms with Crippen LogP contribution in [0.3, 0.4) is 0 Å². The summed E-state index contributed by atoms with van der Waals surface area (Å²) in [7, 11) is 0. The molecule has 0 aliphatic carbocycles. The van der Waals surface area contributed by atoms with Crippen LogP contribution in [-0.4, -0.2) is 22.2 Å². The molecule has 7 heteroatoms. The van der Waals surface area contributed by atoms with Crippen molar-refractivity contribution < 1.29 is 13.6 Å². The molecule has 0 saturated carbocycles. The maximum Gasteiger partial charge on any atom is 0.251 e. The fourth-order valence-electron chi connectivity index (χ4n) is 1.69. The number of amides is 1. The quantitative estimate of drug-likeness (QED) is 0.645. The van der Waals surface area contributed by atoms with Crippen molar-refractivity contribution in [3.63, 3.8) is 0 Å². The van der Waals surface area contributed by atoms with Crippen molar-refractivity contribution in [1.82, 2.24) is 15.1 Å². The molecule has 0 unspecified atom stereocenters. The summed E-state index contributed by atoms with van der Waals surface area (Å²) in [6.07, 6.45) is 4.14. The molecule has 20 heavy (non-hydrogen) atoms. The van der Waals surface area contributed by atoms with E-state index in [9.17, 15) is 13.6 Å². The first-order chi connectivity index (χ1) is 9.58. The number of nitrogen functional groups attached to an aromatic ring is 1. The Balaban J connectivity index is 1.86. The van der Waals surface area contributed by atoms with Gasteiger partial charge in [0.2, 0.25) is 0 Å². The van der Waals surface area contributed by atoms with Crippen molar-refractivity contribution in [2.75, 3.05) is 12.3 Å². The minimum Gasteiger partial charge on any atom is -0.394 e. The fourth-order valence-corrected chi connectivity index (χ4v) is 1.69. The van der Waals surface area contributed by atoms with Gasteiger partial charge in [0, 0.05) is 31.0 Å². The third-order valence-corrected chi connectivity index (χ3v) is 2.75. The molecule has 3 N–H and O–H groups in total. The monoisotopic (exact) mass is 280 g/mol. The first-order valence-corrected chi connectivity index (χ1v) is 6.08. The number of anilines is 1. The van der Waals surface area contributed by atoms with Gasteiger partial charge in [0.15, 0.2) is 0 Å². The summed E-state index contributed by atoms with van der Waals surface area (Å²) in [4.78, 5) is 11.7. The summed E-state index contributed by atoms with van der Waals surface area (Å²) in [6, 6.07) is 3.64. The Kier molecular flexibility index (Phi) is 4.29. The van der Waals surface area contributed by atoms with Crippen LogP contribution in [-0.2, 0) is 6.54 Å². The number of halogens is 2. The highest BCUT2D eigenvalue weighted by atomic mass is 19.1. The molecule has 0 fully saturated rings. The predicted molar refractivity (Wildman–Crippen MR) is 69.9 cm³/mol. The van der Waals surface area contributed by atoms with Gasteiger partial charge in [0.25, 0.3) is 5.91 Å². The van der Waals surface area contributed by atoms with Gasteiger partial charge in [0.05, 0.1) is 0 Å². The largest absolute Gasteiger partial charge is 0.394 e. The molecule has 1 aromatic heterocycles. The maximum absolute atomic E-state index is 13.2. The average molecular weight is 280 g/mol. The molecule has 5 nitrogen and oxygen atoms in total. The molecule has 1 amide bonds. The Hall–Kier alpha value is -2.44. The number of nitrogens with one attached hydrogen (secondary N) is 1. The Bertz CT molecular complexity index is 575. The maximum atomic E-state index is 13.2. The number of hydrogen-bond acceptors (Lipinski definition) is 3. The number of aryl methyl sites for hydroxylation is 1. The van der Waals surface area contributed by atoms with Crippen molar-refractivity contribution in [3.8, 4) is 0 Å². The molecule has 0 aliphatic rings. The van der Waals surface area contributed by atoms with Gasteiger partial charge in [-0.15, -0.1) is 0 Å². The van der Waals surface area contributed by atoms with Crippen LogP contribution in [0.4, 0.5) is 14.5 Å². The summed E-state index contributed by atoms with van der Waals surface area (Å²) in [5, 5.41) is 6.60. The lowest BCUT2D eigenvalue weighted by atomic mass is 10.1. The van der Waals surface area contributed by atoms with Crippen molar-refractivity contribution in [1.29, 1.82) is 0 Å². The van der Waals surface area contributed by atoms with E-state index in [1.807, 2.05) is 6.20 Å². The Morgan fingerprint density at radius 1 is 1.35 bits per heavy atom. The lowest BCUT2D eigenvalue weighted by Crippen LogP contribution is -2.25. The normalized spacial score (nSPS) is 10.5. The lowest BCUT2D eigenvalue weighted by molar-refractivity contribution is 0.0951. The number of carbonyl (C=O) groups is 1. The van der Waals surface area contributed by atoms with Crippen LogP contribution in [0, 0.1) is 11.6 Å². The summed E-state index contributed by atoms with van der Waals surface area (Å²) < 4.78 is 28.2. The van der Waals surface area contributed by atoms with Crippen LogP contribution in [0.2, 0.25) is 0 Å². The standard InChI is InChI=1S/C13H14F2N4O/c14-10-7-9(8-11(15)12(10)16)13(20)17-3-1-5-19-6-2-4-18-19/h2,4,6-8H,1,3,5,16H2,(H,17,20). The molecule has 0 bridgehead atoms. The first kappa shape index (κ1) is 14.0. The van der Waals surface area contributed by atoms with Gasteiger partial charge in [-0.3, -0.25) is 9.48 Å². The summed E-state index contributed by atoms with van der Waals surface area (Å²) in [6.45, 7) is 1.03. The van der Waals surface area contributed by atoms with Gasteiger partial charge in [-0.25, -0.2) is 8.78 Å². The molecule has 2 rings (SSSR count). The number of carbonyl (C=O) groups excluding carboxylic acids is 1. The zero-order valence-electron chi connectivity index (χ0n) is 10.6. The van der Waals surface area contributed by atoms with Crippen molar-refractivity contribution in [3.05, 3.63) is 47.8 Å². The van der Waals surface area contributed by atoms with Crippen LogP contribution in [0.15, 0.2) is 30.6 Å². The van der Waals surface area contributed by atoms with Crippen molar-refractivity contribution >= 4 is 11.6 Å². The van der Waals surface area contributed by atoms with Gasteiger partial charge in [-0.1, -0.05) is 0 Å². The minimum atomic E-state index is -0.938. The third-order valence-electron chi connectivity index (χ3n) is 2.75. The van der Waals surface area contributed by atoms with E-state index in [4.69, 9.17) is 5.73 Å². The number of nitrogens with zero attached hydrogens (tertiary/aromatic N) is 2. The van der Waals surface area contributed by atoms with Gasteiger partial charge in [0.1, 0.15) is 17.3 Å². The summed E-state index contributed by atoms with van der Waals surface area (Å²) in [5.74, 6) is -2.42. The summed E-state index contributed by atoms with van der Waals surface area (Å²) in [5.41, 5.74) is 4.46. The molecule has 1 heterocycles. The number of aromatic nitrogens is 2. The van der Waals surface area contributed by atoms with Crippen LogP contribution in [0.25, 0.3) is 0 Å². The van der Waals surface area contributed by atoms with Crippen molar-refractivity contribution in [2.45, 2.75) is 13.0 Å². The molecule has 0 radical (unpaired) electrons. The van der Waals surface area contributed by atoms with Gasteiger partial charge < -0.3 is 11.1 Å². The zero-order valence-corrected chi connectivity index (χ0v) is 10.6. The zero-order chi connectivity index (χ0) is 14.5. The van der Waals surface area contributed by atoms with E-state index in [0.29, 0.717) is 19.5 Å². The highest BCUT2D eigenvalue weighted by Gasteiger charge is 2.12. The molecule has 0 atom stereocenters. The van der Waals surface area contributed by atoms with Crippen LogP contribution < -0.4 is 11.1 Å². The van der Waals surface area contributed by atoms with E-state index in [2.05, 4.69) is 10.4 Å². The smallest absolute Gasteiger partial charge is 0.251 e. The van der Waals surface area contributed by atoms with E-state index in [1.165, 1.54) is 0 Å². The third kappa shape index (κ3) is 3.31. The van der Waals surface area contributed by atoms with E-state index in [1.54, 1.807) is 16.9 Å². The number of nitrogens with two attached hydrogens (primary N) is 1. The average Bonchev–Trinajstić information content (AvgIpc) is 2.93. The van der Waals surface area contributed by atoms with Crippen LogP contribution in [0.5, 0.6) is 0 Å². The molecular formula is C13H14F2N4O. The second-order valence-electron chi connectivity index (χ2n) is 4.23. The number of benzene rings is 1. The number of rotatable bonds is 5. The van der Waals surface area contributed by atoms with E-state index < -0.39 is 23.2 Å². The fraction of sp³-hybridized carbons (Fsp3) is 0.231. The second-order valence-corrected chi connectivity index (χ2v) is 4.23. The van der Waals surface area contributed by atoms with E-state index >= 15 is 0 Å². The van der Waals surface area contributed by atoms with Gasteiger partial charge in [-0.05, 0) is 24.6 Å². The first-order valence-electron chi connectivity index (χ1n) is 6.08. The van der Waals surface area contributed by atoms with Gasteiger partial charge in [-0.2, -0.15) is 5.10 Å². The molecular weight excluding hydrogens is 266 g/mol. The minimum absolute atomic E-state index is 0.0895. The SMILES string of the molecule is Nc1c(F)cc(C(=O)NCCCn2cccn2)cc1F. The topological polar surface area (TPSA) is 72.9 Å². The molecule has 106 valence electrons. The van der Waals surface area contributed by atoms with Crippen LogP contribution in [0.1, 0.15) is 16.8 Å². The molecule has 1 aromatic carbocycles. The predicted octanol–water partition coefficient (Wildman–Crippen LogP) is 1.56. The lowest BCUT2D eigenvalue weighted by Gasteiger charge is -2.07. The Labute approximate surface area is 114 Å². The molecule has 0 spiro atoms. The highest BCUT2D eigenvalue weighted by molar-refractivity contribution is 5.94. The number of hydrogen-bond donors (Lipinski definition) is 2. The highest BCUT2D eigenvalue weighted by Crippen LogP contribution is 2.17.